The van der Waals surface area contributed by atoms with E-state index in [0.29, 0.717) is 5.56 Å². The normalized spacial score (nSPS) is 14.7. The van der Waals surface area contributed by atoms with E-state index in [-0.39, 0.29) is 18.0 Å². The van der Waals surface area contributed by atoms with Gasteiger partial charge in [0.2, 0.25) is 0 Å². The minimum Gasteiger partial charge on any atom is -0.493 e. The van der Waals surface area contributed by atoms with Gasteiger partial charge in [0.05, 0.1) is 25.9 Å². The molecule has 1 aliphatic rings. The largest absolute Gasteiger partial charge is 0.493 e. The Morgan fingerprint density at radius 2 is 1.59 bits per heavy atom. The first-order valence-electron chi connectivity index (χ1n) is 11.2. The third kappa shape index (κ3) is 5.13. The number of rotatable bonds is 8. The van der Waals surface area contributed by atoms with Crippen LogP contribution < -0.4 is 9.47 Å². The van der Waals surface area contributed by atoms with Crippen molar-refractivity contribution in [2.75, 3.05) is 14.2 Å². The van der Waals surface area contributed by atoms with Gasteiger partial charge in [0.25, 0.3) is 0 Å². The molecule has 4 rings (SSSR count). The van der Waals surface area contributed by atoms with Crippen LogP contribution >= 0.6 is 0 Å². The number of methoxy groups -OCH3 is 2. The number of benzene rings is 3. The molecule has 0 N–H and O–H groups in total. The van der Waals surface area contributed by atoms with Crippen molar-refractivity contribution >= 4 is 5.97 Å². The van der Waals surface area contributed by atoms with Crippen LogP contribution in [0.5, 0.6) is 11.5 Å². The quantitative estimate of drug-likeness (QED) is 0.401. The van der Waals surface area contributed by atoms with Crippen LogP contribution in [0, 0.1) is 0 Å². The topological polar surface area (TPSA) is 44.8 Å². The first kappa shape index (κ1) is 21.9. The molecule has 0 aliphatic heterocycles. The second kappa shape index (κ2) is 10.4. The van der Waals surface area contributed by atoms with Gasteiger partial charge in [0.1, 0.15) is 0 Å². The molecular formula is C28H30O4. The maximum absolute atomic E-state index is 11.8. The lowest BCUT2D eigenvalue weighted by Crippen LogP contribution is -2.12. The van der Waals surface area contributed by atoms with Gasteiger partial charge >= 0.3 is 5.97 Å². The van der Waals surface area contributed by atoms with Gasteiger partial charge in [-0.05, 0) is 73.1 Å². The fourth-order valence-corrected chi connectivity index (χ4v) is 4.43. The summed E-state index contributed by atoms with van der Waals surface area (Å²) in [4.78, 5) is 11.8. The molecule has 1 aliphatic carbocycles. The highest BCUT2D eigenvalue weighted by Gasteiger charge is 2.21. The van der Waals surface area contributed by atoms with E-state index in [4.69, 9.17) is 14.2 Å². The first-order chi connectivity index (χ1) is 15.7. The van der Waals surface area contributed by atoms with Gasteiger partial charge in [0, 0.05) is 5.92 Å². The summed E-state index contributed by atoms with van der Waals surface area (Å²) in [5.74, 6) is 1.42. The maximum atomic E-state index is 11.8. The molecule has 1 atom stereocenters. The molecular weight excluding hydrogens is 400 g/mol. The van der Waals surface area contributed by atoms with Crippen LogP contribution in [0.25, 0.3) is 0 Å². The Hall–Kier alpha value is -3.27. The van der Waals surface area contributed by atoms with Crippen molar-refractivity contribution in [3.8, 4) is 11.5 Å². The molecule has 166 valence electrons. The monoisotopic (exact) mass is 430 g/mol. The van der Waals surface area contributed by atoms with Gasteiger partial charge in [-0.3, -0.25) is 0 Å². The van der Waals surface area contributed by atoms with Crippen LogP contribution in [-0.2, 0) is 11.2 Å². The molecule has 0 bridgehead atoms. The summed E-state index contributed by atoms with van der Waals surface area (Å²) >= 11 is 0. The highest BCUT2D eigenvalue weighted by Crippen LogP contribution is 2.37. The summed E-state index contributed by atoms with van der Waals surface area (Å²) in [6.07, 6.45) is 5.71. The van der Waals surface area contributed by atoms with Crippen LogP contribution in [0.15, 0.2) is 72.8 Å². The SMILES string of the molecule is COC(=O)c1ccc(CC(c2ccccc2)c2ccc(OC)c(OC3CCCC3)c2)cc1. The predicted octanol–water partition coefficient (Wildman–Crippen LogP) is 6.18. The molecule has 0 radical (unpaired) electrons. The molecule has 0 amide bonds. The van der Waals surface area contributed by atoms with E-state index in [2.05, 4.69) is 36.4 Å². The molecule has 4 nitrogen and oxygen atoms in total. The van der Waals surface area contributed by atoms with E-state index >= 15 is 0 Å². The van der Waals surface area contributed by atoms with Gasteiger partial charge in [-0.15, -0.1) is 0 Å². The van der Waals surface area contributed by atoms with Crippen molar-refractivity contribution in [1.29, 1.82) is 0 Å². The van der Waals surface area contributed by atoms with Crippen molar-refractivity contribution in [1.82, 2.24) is 0 Å². The molecule has 1 fully saturated rings. The molecule has 32 heavy (non-hydrogen) atoms. The third-order valence-corrected chi connectivity index (χ3v) is 6.20. The molecule has 0 saturated heterocycles. The second-order valence-corrected chi connectivity index (χ2v) is 8.29. The van der Waals surface area contributed by atoms with Crippen molar-refractivity contribution in [2.45, 2.75) is 44.1 Å². The molecule has 1 unspecified atom stereocenters. The Kier molecular flexibility index (Phi) is 7.10. The Balaban J connectivity index is 1.65. The highest BCUT2D eigenvalue weighted by molar-refractivity contribution is 5.89. The van der Waals surface area contributed by atoms with Crippen LogP contribution in [0.2, 0.25) is 0 Å². The Bertz CT molecular complexity index is 1020. The number of hydrogen-bond acceptors (Lipinski definition) is 4. The van der Waals surface area contributed by atoms with Crippen molar-refractivity contribution in [3.05, 3.63) is 95.1 Å². The lowest BCUT2D eigenvalue weighted by atomic mass is 9.85. The second-order valence-electron chi connectivity index (χ2n) is 8.29. The number of esters is 1. The highest BCUT2D eigenvalue weighted by atomic mass is 16.5. The Morgan fingerprint density at radius 1 is 0.875 bits per heavy atom. The minimum atomic E-state index is -0.319. The van der Waals surface area contributed by atoms with E-state index in [1.54, 1.807) is 7.11 Å². The Morgan fingerprint density at radius 3 is 2.25 bits per heavy atom. The minimum absolute atomic E-state index is 0.150. The summed E-state index contributed by atoms with van der Waals surface area (Å²) in [5.41, 5.74) is 4.13. The summed E-state index contributed by atoms with van der Waals surface area (Å²) in [6, 6.07) is 24.4. The number of hydrogen-bond donors (Lipinski definition) is 0. The lowest BCUT2D eigenvalue weighted by Gasteiger charge is -2.22. The first-order valence-corrected chi connectivity index (χ1v) is 11.2. The summed E-state index contributed by atoms with van der Waals surface area (Å²) in [7, 11) is 3.09. The molecule has 3 aromatic rings. The fourth-order valence-electron chi connectivity index (χ4n) is 4.43. The van der Waals surface area contributed by atoms with Crippen molar-refractivity contribution < 1.29 is 19.0 Å². The molecule has 4 heteroatoms. The summed E-state index contributed by atoms with van der Waals surface area (Å²) in [5, 5.41) is 0. The summed E-state index contributed by atoms with van der Waals surface area (Å²) in [6.45, 7) is 0. The predicted molar refractivity (Wildman–Crippen MR) is 126 cm³/mol. The fraction of sp³-hybridized carbons (Fsp3) is 0.321. The standard InChI is InChI=1S/C28H30O4/c1-30-26-17-16-23(19-27(26)32-24-10-6-7-11-24)25(21-8-4-3-5-9-21)18-20-12-14-22(15-13-20)28(29)31-2/h3-5,8-9,12-17,19,24-25H,6-7,10-11,18H2,1-2H3. The van der Waals surface area contributed by atoms with E-state index in [1.807, 2.05) is 36.4 Å². The van der Waals surface area contributed by atoms with E-state index < -0.39 is 0 Å². The molecule has 0 spiro atoms. The van der Waals surface area contributed by atoms with Gasteiger partial charge in [-0.2, -0.15) is 0 Å². The molecule has 0 heterocycles. The van der Waals surface area contributed by atoms with Crippen molar-refractivity contribution in [3.63, 3.8) is 0 Å². The number of carbonyl (C=O) groups is 1. The van der Waals surface area contributed by atoms with Crippen LogP contribution in [0.3, 0.4) is 0 Å². The average Bonchev–Trinajstić information content (AvgIpc) is 3.36. The smallest absolute Gasteiger partial charge is 0.337 e. The van der Waals surface area contributed by atoms with Gasteiger partial charge in [0.15, 0.2) is 11.5 Å². The van der Waals surface area contributed by atoms with Crippen LogP contribution in [0.1, 0.15) is 58.6 Å². The van der Waals surface area contributed by atoms with Gasteiger partial charge < -0.3 is 14.2 Å². The van der Waals surface area contributed by atoms with E-state index in [9.17, 15) is 4.79 Å². The maximum Gasteiger partial charge on any atom is 0.337 e. The van der Waals surface area contributed by atoms with E-state index in [1.165, 1.54) is 31.1 Å². The Labute approximate surface area is 190 Å². The zero-order valence-electron chi connectivity index (χ0n) is 18.8. The van der Waals surface area contributed by atoms with E-state index in [0.717, 1.165) is 36.3 Å². The number of carbonyl (C=O) groups excluding carboxylic acids is 1. The van der Waals surface area contributed by atoms with Crippen LogP contribution in [0.4, 0.5) is 0 Å². The van der Waals surface area contributed by atoms with Crippen LogP contribution in [-0.4, -0.2) is 26.3 Å². The average molecular weight is 431 g/mol. The summed E-state index contributed by atoms with van der Waals surface area (Å²) < 4.78 is 16.8. The van der Waals surface area contributed by atoms with Crippen molar-refractivity contribution in [2.24, 2.45) is 0 Å². The number of ether oxygens (including phenoxy) is 3. The van der Waals surface area contributed by atoms with Gasteiger partial charge in [-0.25, -0.2) is 4.79 Å². The van der Waals surface area contributed by atoms with Gasteiger partial charge in [-0.1, -0.05) is 48.5 Å². The third-order valence-electron chi connectivity index (χ3n) is 6.20. The molecule has 0 aromatic heterocycles. The molecule has 3 aromatic carbocycles. The molecule has 1 saturated carbocycles. The zero-order chi connectivity index (χ0) is 22.3. The lowest BCUT2D eigenvalue weighted by molar-refractivity contribution is 0.0600. The zero-order valence-corrected chi connectivity index (χ0v) is 18.8.